The Morgan fingerprint density at radius 2 is 2.07 bits per heavy atom. The van der Waals surface area contributed by atoms with Crippen LogP contribution < -0.4 is 10.4 Å². The molecule has 0 bridgehead atoms. The summed E-state index contributed by atoms with van der Waals surface area (Å²) in [6, 6.07) is 6.94. The van der Waals surface area contributed by atoms with E-state index in [0.29, 0.717) is 17.0 Å². The van der Waals surface area contributed by atoms with Crippen LogP contribution in [0.25, 0.3) is 10.6 Å². The van der Waals surface area contributed by atoms with Gasteiger partial charge in [0.25, 0.3) is 0 Å². The summed E-state index contributed by atoms with van der Waals surface area (Å²) in [5.74, 6) is 0.396. The van der Waals surface area contributed by atoms with Gasteiger partial charge in [-0.15, -0.1) is 11.3 Å². The number of carbonyl (C=O) groups is 1. The summed E-state index contributed by atoms with van der Waals surface area (Å²) in [5, 5.41) is 2.59. The van der Waals surface area contributed by atoms with Crippen LogP contribution in [0.3, 0.4) is 0 Å². The first-order valence-corrected chi connectivity index (χ1v) is 9.63. The maximum Gasteiger partial charge on any atom is 0.342 e. The highest BCUT2D eigenvalue weighted by Crippen LogP contribution is 2.34. The first-order chi connectivity index (χ1) is 12.9. The van der Waals surface area contributed by atoms with E-state index < -0.39 is 11.6 Å². The molecule has 0 aliphatic carbocycles. The molecule has 1 aromatic carbocycles. The Hall–Kier alpha value is -2.45. The summed E-state index contributed by atoms with van der Waals surface area (Å²) in [4.78, 5) is 28.2. The predicted molar refractivity (Wildman–Crippen MR) is 105 cm³/mol. The van der Waals surface area contributed by atoms with Crippen LogP contribution in [0.2, 0.25) is 0 Å². The highest BCUT2D eigenvalue weighted by atomic mass is 79.9. The Bertz CT molecular complexity index is 1030. The molecule has 0 saturated carbocycles. The quantitative estimate of drug-likeness (QED) is 0.533. The van der Waals surface area contributed by atoms with Crippen LogP contribution in [-0.4, -0.2) is 18.1 Å². The zero-order chi connectivity index (χ0) is 19.6. The van der Waals surface area contributed by atoms with Gasteiger partial charge in [0.2, 0.25) is 0 Å². The second-order valence-corrected chi connectivity index (χ2v) is 7.52. The summed E-state index contributed by atoms with van der Waals surface area (Å²) in [7, 11) is 1.60. The SMILES string of the molecule is COc1ccc(Br)cc1-c1nc(COC(=O)c2c(C)cc(=O)oc2C)cs1. The van der Waals surface area contributed by atoms with E-state index in [2.05, 4.69) is 20.9 Å². The highest BCUT2D eigenvalue weighted by Gasteiger charge is 2.18. The molecule has 0 spiro atoms. The third-order valence-corrected chi connectivity index (χ3v) is 5.25. The molecule has 0 saturated heterocycles. The van der Waals surface area contributed by atoms with Crippen molar-refractivity contribution < 1.29 is 18.7 Å². The minimum atomic E-state index is -0.552. The van der Waals surface area contributed by atoms with Gasteiger partial charge in [0.15, 0.2) is 0 Å². The van der Waals surface area contributed by atoms with E-state index in [9.17, 15) is 9.59 Å². The van der Waals surface area contributed by atoms with Crippen molar-refractivity contribution in [3.05, 3.63) is 67.1 Å². The molecule has 3 rings (SSSR count). The zero-order valence-electron chi connectivity index (χ0n) is 14.9. The van der Waals surface area contributed by atoms with Gasteiger partial charge in [-0.25, -0.2) is 14.6 Å². The van der Waals surface area contributed by atoms with Crippen LogP contribution in [-0.2, 0) is 11.3 Å². The fraction of sp³-hybridized carbons (Fsp3) is 0.211. The van der Waals surface area contributed by atoms with Crippen LogP contribution in [0.5, 0.6) is 5.75 Å². The van der Waals surface area contributed by atoms with Crippen molar-refractivity contribution >= 4 is 33.2 Å². The Kier molecular flexibility index (Phi) is 5.76. The number of hydrogen-bond donors (Lipinski definition) is 0. The first-order valence-electron chi connectivity index (χ1n) is 7.96. The lowest BCUT2D eigenvalue weighted by Gasteiger charge is -2.07. The monoisotopic (exact) mass is 449 g/mol. The van der Waals surface area contributed by atoms with Crippen LogP contribution in [0.4, 0.5) is 0 Å². The Labute approximate surface area is 167 Å². The molecule has 0 aliphatic heterocycles. The number of methoxy groups -OCH3 is 1. The van der Waals surface area contributed by atoms with E-state index in [1.807, 2.05) is 23.6 Å². The second-order valence-electron chi connectivity index (χ2n) is 5.74. The molecular weight excluding hydrogens is 434 g/mol. The van der Waals surface area contributed by atoms with Crippen molar-refractivity contribution in [2.45, 2.75) is 20.5 Å². The van der Waals surface area contributed by atoms with Crippen molar-refractivity contribution in [2.75, 3.05) is 7.11 Å². The number of carbonyl (C=O) groups excluding carboxylic acids is 1. The van der Waals surface area contributed by atoms with Gasteiger partial charge in [-0.3, -0.25) is 0 Å². The third-order valence-electron chi connectivity index (χ3n) is 3.83. The van der Waals surface area contributed by atoms with Gasteiger partial charge in [0.1, 0.15) is 28.7 Å². The molecule has 0 aliphatic rings. The van der Waals surface area contributed by atoms with Crippen LogP contribution in [0, 0.1) is 13.8 Å². The average Bonchev–Trinajstić information content (AvgIpc) is 3.08. The molecule has 0 unspecified atom stereocenters. The fourth-order valence-corrected chi connectivity index (χ4v) is 3.80. The van der Waals surface area contributed by atoms with Crippen molar-refractivity contribution in [1.29, 1.82) is 0 Å². The minimum absolute atomic E-state index is 0.0175. The lowest BCUT2D eigenvalue weighted by Crippen LogP contribution is -2.12. The summed E-state index contributed by atoms with van der Waals surface area (Å²) in [6.45, 7) is 3.25. The number of benzene rings is 1. The smallest absolute Gasteiger partial charge is 0.342 e. The van der Waals surface area contributed by atoms with Gasteiger partial charge in [0, 0.05) is 15.9 Å². The van der Waals surface area contributed by atoms with Crippen LogP contribution in [0.15, 0.2) is 43.3 Å². The van der Waals surface area contributed by atoms with Gasteiger partial charge in [-0.05, 0) is 37.6 Å². The topological polar surface area (TPSA) is 78.6 Å². The van der Waals surface area contributed by atoms with Gasteiger partial charge in [0.05, 0.1) is 18.4 Å². The summed E-state index contributed by atoms with van der Waals surface area (Å²) in [5.41, 5.74) is 1.77. The third kappa shape index (κ3) is 4.28. The molecule has 0 atom stereocenters. The van der Waals surface area contributed by atoms with Gasteiger partial charge < -0.3 is 13.9 Å². The number of esters is 1. The Balaban J connectivity index is 1.77. The number of aryl methyl sites for hydroxylation is 2. The molecule has 8 heteroatoms. The van der Waals surface area contributed by atoms with Gasteiger partial charge in [-0.1, -0.05) is 15.9 Å². The van der Waals surface area contributed by atoms with E-state index in [0.717, 1.165) is 15.0 Å². The number of aromatic nitrogens is 1. The largest absolute Gasteiger partial charge is 0.496 e. The average molecular weight is 450 g/mol. The zero-order valence-corrected chi connectivity index (χ0v) is 17.3. The fourth-order valence-electron chi connectivity index (χ4n) is 2.62. The number of hydrogen-bond acceptors (Lipinski definition) is 7. The Morgan fingerprint density at radius 3 is 2.78 bits per heavy atom. The van der Waals surface area contributed by atoms with Crippen LogP contribution in [0.1, 0.15) is 27.4 Å². The molecule has 3 aromatic rings. The second kappa shape index (κ2) is 8.06. The molecule has 0 fully saturated rings. The number of halogens is 1. The molecule has 2 aromatic heterocycles. The van der Waals surface area contributed by atoms with E-state index >= 15 is 0 Å². The molecule has 27 heavy (non-hydrogen) atoms. The molecule has 0 amide bonds. The normalized spacial score (nSPS) is 10.7. The summed E-state index contributed by atoms with van der Waals surface area (Å²) >= 11 is 4.88. The minimum Gasteiger partial charge on any atom is -0.496 e. The molecule has 0 radical (unpaired) electrons. The number of rotatable bonds is 5. The summed E-state index contributed by atoms with van der Waals surface area (Å²) < 4.78 is 16.6. The lowest BCUT2D eigenvalue weighted by atomic mass is 10.1. The molecule has 2 heterocycles. The van der Waals surface area contributed by atoms with E-state index in [1.165, 1.54) is 17.4 Å². The van der Waals surface area contributed by atoms with Gasteiger partial charge >= 0.3 is 11.6 Å². The van der Waals surface area contributed by atoms with Crippen molar-refractivity contribution in [3.63, 3.8) is 0 Å². The van der Waals surface area contributed by atoms with Crippen molar-refractivity contribution in [3.8, 4) is 16.3 Å². The Morgan fingerprint density at radius 1 is 1.30 bits per heavy atom. The standard InChI is InChI=1S/C19H16BrNO5S/c1-10-6-16(22)26-11(2)17(10)19(23)25-8-13-9-27-18(21-13)14-7-12(20)4-5-15(14)24-3/h4-7,9H,8H2,1-3H3. The maximum atomic E-state index is 12.4. The van der Waals surface area contributed by atoms with Gasteiger partial charge in [-0.2, -0.15) is 0 Å². The molecule has 6 nitrogen and oxygen atoms in total. The number of nitrogens with zero attached hydrogens (tertiary/aromatic N) is 1. The van der Waals surface area contributed by atoms with E-state index in [4.69, 9.17) is 13.9 Å². The van der Waals surface area contributed by atoms with E-state index in [-0.39, 0.29) is 17.9 Å². The van der Waals surface area contributed by atoms with Crippen molar-refractivity contribution in [1.82, 2.24) is 4.98 Å². The lowest BCUT2D eigenvalue weighted by molar-refractivity contribution is 0.0463. The predicted octanol–water partition coefficient (Wildman–Crippen LogP) is 4.51. The van der Waals surface area contributed by atoms with Crippen LogP contribution >= 0.6 is 27.3 Å². The maximum absolute atomic E-state index is 12.4. The number of ether oxygens (including phenoxy) is 2. The molecule has 140 valence electrons. The first kappa shape index (κ1) is 19.3. The summed E-state index contributed by atoms with van der Waals surface area (Å²) in [6.07, 6.45) is 0. The highest BCUT2D eigenvalue weighted by molar-refractivity contribution is 9.10. The van der Waals surface area contributed by atoms with Crippen molar-refractivity contribution in [2.24, 2.45) is 0 Å². The number of thiazole rings is 1. The molecule has 0 N–H and O–H groups in total. The van der Waals surface area contributed by atoms with E-state index in [1.54, 1.807) is 21.0 Å². The molecular formula is C19H16BrNO5S.